The molecule has 2 aromatic rings. The number of nitrogens with zero attached hydrogens (tertiary/aromatic N) is 2. The number of carbonyl (C=O) groups is 1. The highest BCUT2D eigenvalue weighted by molar-refractivity contribution is 5.88. The van der Waals surface area contributed by atoms with Crippen molar-refractivity contribution in [2.45, 2.75) is 20.4 Å². The van der Waals surface area contributed by atoms with E-state index in [1.165, 1.54) is 16.3 Å². The Kier molecular flexibility index (Phi) is 4.77. The zero-order chi connectivity index (χ0) is 16.2. The van der Waals surface area contributed by atoms with Crippen LogP contribution < -0.4 is 0 Å². The van der Waals surface area contributed by atoms with Crippen LogP contribution in [0, 0.1) is 0 Å². The van der Waals surface area contributed by atoms with E-state index < -0.39 is 0 Å². The lowest BCUT2D eigenvalue weighted by molar-refractivity contribution is -0.127. The molecule has 1 fully saturated rings. The fourth-order valence-corrected chi connectivity index (χ4v) is 3.14. The summed E-state index contributed by atoms with van der Waals surface area (Å²) in [5.74, 6) is 0.148. The number of carbonyl (C=O) groups excluding carboxylic acids is 1. The van der Waals surface area contributed by atoms with Crippen molar-refractivity contribution in [3.8, 4) is 0 Å². The van der Waals surface area contributed by atoms with Crippen LogP contribution in [-0.2, 0) is 11.3 Å². The van der Waals surface area contributed by atoms with Crippen molar-refractivity contribution in [1.29, 1.82) is 0 Å². The summed E-state index contributed by atoms with van der Waals surface area (Å²) < 4.78 is 0. The van der Waals surface area contributed by atoms with E-state index in [0.717, 1.165) is 38.3 Å². The van der Waals surface area contributed by atoms with Gasteiger partial charge in [-0.15, -0.1) is 0 Å². The maximum absolute atomic E-state index is 12.1. The predicted molar refractivity (Wildman–Crippen MR) is 95.2 cm³/mol. The van der Waals surface area contributed by atoms with E-state index in [1.807, 2.05) is 18.7 Å². The molecule has 0 aliphatic carbocycles. The van der Waals surface area contributed by atoms with Gasteiger partial charge in [0.2, 0.25) is 5.91 Å². The minimum Gasteiger partial charge on any atom is -0.337 e. The van der Waals surface area contributed by atoms with E-state index >= 15 is 0 Å². The Balaban J connectivity index is 1.65. The molecule has 0 N–H and O–H groups in total. The van der Waals surface area contributed by atoms with Crippen LogP contribution in [0.3, 0.4) is 0 Å². The van der Waals surface area contributed by atoms with Crippen LogP contribution in [0.5, 0.6) is 0 Å². The first-order valence-corrected chi connectivity index (χ1v) is 8.26. The molecule has 1 aliphatic rings. The quantitative estimate of drug-likeness (QED) is 0.811. The Morgan fingerprint density at radius 3 is 2.43 bits per heavy atom. The number of piperazine rings is 1. The van der Waals surface area contributed by atoms with E-state index in [4.69, 9.17) is 0 Å². The van der Waals surface area contributed by atoms with Crippen LogP contribution in [0.2, 0.25) is 0 Å². The van der Waals surface area contributed by atoms with Gasteiger partial charge in [-0.3, -0.25) is 9.69 Å². The second-order valence-electron chi connectivity index (χ2n) is 6.46. The summed E-state index contributed by atoms with van der Waals surface area (Å²) in [6, 6.07) is 15.0. The van der Waals surface area contributed by atoms with E-state index in [1.54, 1.807) is 6.08 Å². The molecule has 0 unspecified atom stereocenters. The molecule has 23 heavy (non-hydrogen) atoms. The molecule has 0 radical (unpaired) electrons. The first-order chi connectivity index (χ1) is 11.1. The van der Waals surface area contributed by atoms with Crippen molar-refractivity contribution >= 4 is 16.7 Å². The molecular weight excluding hydrogens is 284 g/mol. The van der Waals surface area contributed by atoms with Gasteiger partial charge in [0.15, 0.2) is 0 Å². The van der Waals surface area contributed by atoms with Gasteiger partial charge in [-0.25, -0.2) is 0 Å². The van der Waals surface area contributed by atoms with Crippen LogP contribution in [0.15, 0.2) is 54.1 Å². The molecule has 0 aromatic heterocycles. The smallest absolute Gasteiger partial charge is 0.246 e. The zero-order valence-corrected chi connectivity index (χ0v) is 14.0. The van der Waals surface area contributed by atoms with Crippen molar-refractivity contribution in [1.82, 2.24) is 9.80 Å². The fourth-order valence-electron chi connectivity index (χ4n) is 3.14. The third-order valence-corrected chi connectivity index (χ3v) is 4.37. The van der Waals surface area contributed by atoms with E-state index in [9.17, 15) is 4.79 Å². The standard InChI is InChI=1S/C20H24N2O/c1-16(2)14-20(23)22-12-10-21(11-13-22)15-18-8-5-7-17-6-3-4-9-19(17)18/h3-9,14H,10-13,15H2,1-2H3. The largest absolute Gasteiger partial charge is 0.337 e. The molecule has 3 rings (SSSR count). The Morgan fingerprint density at radius 1 is 1.00 bits per heavy atom. The van der Waals surface area contributed by atoms with Crippen LogP contribution in [0.1, 0.15) is 19.4 Å². The van der Waals surface area contributed by atoms with Crippen LogP contribution in [0.4, 0.5) is 0 Å². The summed E-state index contributed by atoms with van der Waals surface area (Å²) in [5, 5.41) is 2.63. The van der Waals surface area contributed by atoms with Gasteiger partial charge in [-0.2, -0.15) is 0 Å². The number of hydrogen-bond acceptors (Lipinski definition) is 2. The van der Waals surface area contributed by atoms with Gasteiger partial charge in [-0.1, -0.05) is 48.0 Å². The molecule has 120 valence electrons. The maximum atomic E-state index is 12.1. The van der Waals surface area contributed by atoms with Crippen LogP contribution >= 0.6 is 0 Å². The Morgan fingerprint density at radius 2 is 1.70 bits per heavy atom. The van der Waals surface area contributed by atoms with Gasteiger partial charge in [-0.05, 0) is 30.2 Å². The second-order valence-corrected chi connectivity index (χ2v) is 6.46. The number of amides is 1. The minimum absolute atomic E-state index is 0.148. The normalized spacial score (nSPS) is 15.7. The number of fused-ring (bicyclic) bond motifs is 1. The monoisotopic (exact) mass is 308 g/mol. The van der Waals surface area contributed by atoms with Crippen molar-refractivity contribution in [3.05, 3.63) is 59.7 Å². The lowest BCUT2D eigenvalue weighted by Crippen LogP contribution is -2.47. The molecule has 3 nitrogen and oxygen atoms in total. The first-order valence-electron chi connectivity index (χ1n) is 8.26. The summed E-state index contributed by atoms with van der Waals surface area (Å²) in [6.07, 6.45) is 1.74. The van der Waals surface area contributed by atoms with Crippen LogP contribution in [0.25, 0.3) is 10.8 Å². The zero-order valence-electron chi connectivity index (χ0n) is 14.0. The fraction of sp³-hybridized carbons (Fsp3) is 0.350. The van der Waals surface area contributed by atoms with Crippen LogP contribution in [-0.4, -0.2) is 41.9 Å². The molecule has 1 aliphatic heterocycles. The summed E-state index contributed by atoms with van der Waals surface area (Å²) in [5.41, 5.74) is 2.43. The molecular formula is C20H24N2O. The molecule has 1 amide bonds. The third kappa shape index (κ3) is 3.80. The van der Waals surface area contributed by atoms with Gasteiger partial charge in [0.1, 0.15) is 0 Å². The molecule has 1 heterocycles. The number of benzene rings is 2. The SMILES string of the molecule is CC(C)=CC(=O)N1CCN(Cc2cccc3ccccc23)CC1. The molecule has 0 saturated carbocycles. The van der Waals surface area contributed by atoms with Gasteiger partial charge >= 0.3 is 0 Å². The summed E-state index contributed by atoms with van der Waals surface area (Å²) in [6.45, 7) is 8.38. The first kappa shape index (κ1) is 15.8. The Bertz CT molecular complexity index is 718. The van der Waals surface area contributed by atoms with E-state index in [2.05, 4.69) is 47.4 Å². The highest BCUT2D eigenvalue weighted by Gasteiger charge is 2.20. The summed E-state index contributed by atoms with van der Waals surface area (Å²) >= 11 is 0. The number of rotatable bonds is 3. The van der Waals surface area contributed by atoms with Gasteiger partial charge in [0.25, 0.3) is 0 Å². The molecule has 0 bridgehead atoms. The molecule has 0 spiro atoms. The van der Waals surface area contributed by atoms with Gasteiger partial charge < -0.3 is 4.90 Å². The topological polar surface area (TPSA) is 23.6 Å². The molecule has 3 heteroatoms. The van der Waals surface area contributed by atoms with Gasteiger partial charge in [0.05, 0.1) is 0 Å². The molecule has 1 saturated heterocycles. The minimum atomic E-state index is 0.148. The Labute approximate surface area is 138 Å². The predicted octanol–water partition coefficient (Wildman–Crippen LogP) is 3.45. The van der Waals surface area contributed by atoms with E-state index in [-0.39, 0.29) is 5.91 Å². The van der Waals surface area contributed by atoms with E-state index in [0.29, 0.717) is 0 Å². The maximum Gasteiger partial charge on any atom is 0.246 e. The van der Waals surface area contributed by atoms with Crippen molar-refractivity contribution in [3.63, 3.8) is 0 Å². The third-order valence-electron chi connectivity index (χ3n) is 4.37. The van der Waals surface area contributed by atoms with Crippen molar-refractivity contribution in [2.24, 2.45) is 0 Å². The molecule has 0 atom stereocenters. The summed E-state index contributed by atoms with van der Waals surface area (Å²) in [4.78, 5) is 16.5. The highest BCUT2D eigenvalue weighted by Crippen LogP contribution is 2.20. The number of allylic oxidation sites excluding steroid dienone is 1. The highest BCUT2D eigenvalue weighted by atomic mass is 16.2. The number of hydrogen-bond donors (Lipinski definition) is 0. The van der Waals surface area contributed by atoms with Gasteiger partial charge in [0, 0.05) is 38.8 Å². The summed E-state index contributed by atoms with van der Waals surface area (Å²) in [7, 11) is 0. The lowest BCUT2D eigenvalue weighted by atomic mass is 10.0. The average Bonchev–Trinajstić information content (AvgIpc) is 2.55. The van der Waals surface area contributed by atoms with Crippen molar-refractivity contribution in [2.75, 3.05) is 26.2 Å². The molecule has 2 aromatic carbocycles. The lowest BCUT2D eigenvalue weighted by Gasteiger charge is -2.34. The average molecular weight is 308 g/mol. The second kappa shape index (κ2) is 6.97. The van der Waals surface area contributed by atoms with Crippen molar-refractivity contribution < 1.29 is 4.79 Å². The Hall–Kier alpha value is -2.13.